The van der Waals surface area contributed by atoms with Gasteiger partial charge in [-0.05, 0) is 35.1 Å². The number of benzene rings is 2. The molecule has 1 aliphatic carbocycles. The van der Waals surface area contributed by atoms with Crippen LogP contribution in [0.5, 0.6) is 0 Å². The molecule has 0 radical (unpaired) electrons. The van der Waals surface area contributed by atoms with Gasteiger partial charge in [-0.2, -0.15) is 0 Å². The molecule has 0 amide bonds. The van der Waals surface area contributed by atoms with Gasteiger partial charge >= 0.3 is 5.97 Å². The van der Waals surface area contributed by atoms with Crippen molar-refractivity contribution in [1.29, 1.82) is 0 Å². The molecular formula is C18H19NO2S. The number of carboxylic acids is 1. The summed E-state index contributed by atoms with van der Waals surface area (Å²) >= 11 is 1.63. The van der Waals surface area contributed by atoms with Gasteiger partial charge in [0.2, 0.25) is 0 Å². The number of aliphatic carboxylic acids is 1. The second-order valence-corrected chi connectivity index (χ2v) is 6.69. The fourth-order valence-corrected chi connectivity index (χ4v) is 4.28. The van der Waals surface area contributed by atoms with Crippen molar-refractivity contribution in [1.82, 2.24) is 0 Å². The molecule has 1 unspecified atom stereocenters. The minimum atomic E-state index is -0.942. The summed E-state index contributed by atoms with van der Waals surface area (Å²) in [5, 5.41) is 9.17. The van der Waals surface area contributed by atoms with Crippen molar-refractivity contribution in [3.8, 4) is 0 Å². The Labute approximate surface area is 134 Å². The Morgan fingerprint density at radius 3 is 2.09 bits per heavy atom. The molecule has 0 saturated heterocycles. The van der Waals surface area contributed by atoms with Crippen LogP contribution in [0.1, 0.15) is 27.5 Å². The van der Waals surface area contributed by atoms with Gasteiger partial charge in [-0.3, -0.25) is 4.79 Å². The Hall–Kier alpha value is -1.78. The number of hydrogen-bond donors (Lipinski definition) is 2. The summed E-state index contributed by atoms with van der Waals surface area (Å²) in [6, 6.07) is 16.1. The molecule has 0 saturated carbocycles. The first-order chi connectivity index (χ1) is 10.7. The van der Waals surface area contributed by atoms with Crippen molar-refractivity contribution in [2.24, 2.45) is 5.73 Å². The minimum Gasteiger partial charge on any atom is -0.480 e. The molecule has 0 bridgehead atoms. The minimum absolute atomic E-state index is 0.153. The first kappa shape index (κ1) is 15.1. The van der Waals surface area contributed by atoms with Crippen LogP contribution in [-0.2, 0) is 17.6 Å². The molecular weight excluding hydrogens is 294 g/mol. The van der Waals surface area contributed by atoms with Crippen LogP contribution < -0.4 is 5.73 Å². The molecule has 0 aromatic heterocycles. The van der Waals surface area contributed by atoms with Crippen LogP contribution in [0, 0.1) is 0 Å². The Bertz CT molecular complexity index is 639. The first-order valence-corrected chi connectivity index (χ1v) is 8.47. The van der Waals surface area contributed by atoms with Gasteiger partial charge in [0.25, 0.3) is 0 Å². The number of thioether (sulfide) groups is 1. The SMILES string of the molecule is NC(CSC1c2ccccc2CCc2ccccc21)C(=O)O. The van der Waals surface area contributed by atoms with Crippen LogP contribution in [0.2, 0.25) is 0 Å². The number of hydrogen-bond acceptors (Lipinski definition) is 3. The lowest BCUT2D eigenvalue weighted by molar-refractivity contribution is -0.137. The zero-order valence-electron chi connectivity index (χ0n) is 12.2. The molecule has 22 heavy (non-hydrogen) atoms. The molecule has 0 heterocycles. The predicted molar refractivity (Wildman–Crippen MR) is 90.2 cm³/mol. The van der Waals surface area contributed by atoms with Gasteiger partial charge in [0, 0.05) is 5.75 Å². The summed E-state index contributed by atoms with van der Waals surface area (Å²) in [5.74, 6) is -0.537. The van der Waals surface area contributed by atoms with Crippen LogP contribution in [0.4, 0.5) is 0 Å². The zero-order valence-corrected chi connectivity index (χ0v) is 13.1. The molecule has 3 rings (SSSR count). The largest absolute Gasteiger partial charge is 0.480 e. The van der Waals surface area contributed by atoms with E-state index in [0.717, 1.165) is 12.8 Å². The maximum absolute atomic E-state index is 11.0. The third-order valence-electron chi connectivity index (χ3n) is 4.10. The van der Waals surface area contributed by atoms with Gasteiger partial charge in [-0.1, -0.05) is 48.5 Å². The lowest BCUT2D eigenvalue weighted by Gasteiger charge is -2.21. The van der Waals surface area contributed by atoms with Gasteiger partial charge in [0.1, 0.15) is 6.04 Å². The van der Waals surface area contributed by atoms with Crippen molar-refractivity contribution in [2.45, 2.75) is 24.1 Å². The summed E-state index contributed by atoms with van der Waals surface area (Å²) in [6.45, 7) is 0. The van der Waals surface area contributed by atoms with Crippen molar-refractivity contribution >= 4 is 17.7 Å². The van der Waals surface area contributed by atoms with Crippen LogP contribution in [0.3, 0.4) is 0 Å². The monoisotopic (exact) mass is 313 g/mol. The topological polar surface area (TPSA) is 63.3 Å². The Morgan fingerprint density at radius 1 is 1.09 bits per heavy atom. The number of aryl methyl sites for hydroxylation is 2. The smallest absolute Gasteiger partial charge is 0.321 e. The first-order valence-electron chi connectivity index (χ1n) is 7.42. The highest BCUT2D eigenvalue weighted by Gasteiger charge is 2.25. The maximum Gasteiger partial charge on any atom is 0.321 e. The second-order valence-electron chi connectivity index (χ2n) is 5.56. The third kappa shape index (κ3) is 3.03. The van der Waals surface area contributed by atoms with Crippen molar-refractivity contribution < 1.29 is 9.90 Å². The Kier molecular flexibility index (Phi) is 4.50. The predicted octanol–water partition coefficient (Wildman–Crippen LogP) is 3.02. The van der Waals surface area contributed by atoms with Gasteiger partial charge in [-0.15, -0.1) is 11.8 Å². The van der Waals surface area contributed by atoms with E-state index in [1.54, 1.807) is 11.8 Å². The van der Waals surface area contributed by atoms with E-state index in [0.29, 0.717) is 5.75 Å². The van der Waals surface area contributed by atoms with Crippen LogP contribution in [0.15, 0.2) is 48.5 Å². The number of nitrogens with two attached hydrogens (primary N) is 1. The van der Waals surface area contributed by atoms with Crippen LogP contribution in [-0.4, -0.2) is 22.9 Å². The number of fused-ring (bicyclic) bond motifs is 2. The van der Waals surface area contributed by atoms with Crippen molar-refractivity contribution in [3.05, 3.63) is 70.8 Å². The van der Waals surface area contributed by atoms with E-state index in [1.807, 2.05) is 0 Å². The number of rotatable bonds is 4. The molecule has 1 aliphatic rings. The zero-order chi connectivity index (χ0) is 15.5. The molecule has 0 spiro atoms. The van der Waals surface area contributed by atoms with Crippen molar-refractivity contribution in [3.63, 3.8) is 0 Å². The van der Waals surface area contributed by atoms with Crippen LogP contribution in [0.25, 0.3) is 0 Å². The van der Waals surface area contributed by atoms with E-state index < -0.39 is 12.0 Å². The van der Waals surface area contributed by atoms with E-state index >= 15 is 0 Å². The van der Waals surface area contributed by atoms with E-state index in [2.05, 4.69) is 48.5 Å². The highest BCUT2D eigenvalue weighted by atomic mass is 32.2. The highest BCUT2D eigenvalue weighted by molar-refractivity contribution is 7.99. The number of carbonyl (C=O) groups is 1. The fraction of sp³-hybridized carbons (Fsp3) is 0.278. The molecule has 3 N–H and O–H groups in total. The average molecular weight is 313 g/mol. The van der Waals surface area contributed by atoms with Gasteiger partial charge in [-0.25, -0.2) is 0 Å². The van der Waals surface area contributed by atoms with Gasteiger partial charge in [0.15, 0.2) is 0 Å². The quantitative estimate of drug-likeness (QED) is 0.911. The summed E-state index contributed by atoms with van der Waals surface area (Å²) in [7, 11) is 0. The van der Waals surface area contributed by atoms with E-state index in [9.17, 15) is 4.79 Å². The van der Waals surface area contributed by atoms with E-state index in [1.165, 1.54) is 22.3 Å². The molecule has 0 fully saturated rings. The standard InChI is InChI=1S/C18H19NO2S/c19-16(18(20)21)11-22-17-14-7-3-1-5-12(14)9-10-13-6-2-4-8-15(13)17/h1-8,16-17H,9-11,19H2,(H,20,21). The van der Waals surface area contributed by atoms with E-state index in [4.69, 9.17) is 10.8 Å². The average Bonchev–Trinajstić information content (AvgIpc) is 2.69. The maximum atomic E-state index is 11.0. The van der Waals surface area contributed by atoms with Gasteiger partial charge < -0.3 is 10.8 Å². The second kappa shape index (κ2) is 6.55. The molecule has 2 aromatic carbocycles. The Morgan fingerprint density at radius 2 is 1.59 bits per heavy atom. The molecule has 114 valence electrons. The lowest BCUT2D eigenvalue weighted by Crippen LogP contribution is -2.32. The summed E-state index contributed by atoms with van der Waals surface area (Å²) in [6.07, 6.45) is 2.05. The molecule has 0 aliphatic heterocycles. The normalized spacial score (nSPS) is 15.5. The molecule has 1 atom stereocenters. The van der Waals surface area contributed by atoms with Crippen molar-refractivity contribution in [2.75, 3.05) is 5.75 Å². The highest BCUT2D eigenvalue weighted by Crippen LogP contribution is 2.41. The molecule has 3 nitrogen and oxygen atoms in total. The molecule has 2 aromatic rings. The summed E-state index contributed by atoms with van der Waals surface area (Å²) in [5.41, 5.74) is 11.0. The fourth-order valence-electron chi connectivity index (χ4n) is 2.92. The lowest BCUT2D eigenvalue weighted by atomic mass is 10.00. The summed E-state index contributed by atoms with van der Waals surface area (Å²) < 4.78 is 0. The Balaban J connectivity index is 1.97. The third-order valence-corrected chi connectivity index (χ3v) is 5.49. The molecule has 4 heteroatoms. The van der Waals surface area contributed by atoms with Gasteiger partial charge in [0.05, 0.1) is 5.25 Å². The van der Waals surface area contributed by atoms with E-state index in [-0.39, 0.29) is 5.25 Å². The van der Waals surface area contributed by atoms with Crippen LogP contribution >= 0.6 is 11.8 Å². The number of carboxylic acid groups (broad SMARTS) is 1. The summed E-state index contributed by atoms with van der Waals surface area (Å²) in [4.78, 5) is 11.0.